The van der Waals surface area contributed by atoms with Crippen molar-refractivity contribution in [2.75, 3.05) is 42.1 Å². The molecule has 2 aromatic heterocycles. The van der Waals surface area contributed by atoms with Gasteiger partial charge in [0.25, 0.3) is 0 Å². The van der Waals surface area contributed by atoms with Crippen molar-refractivity contribution in [3.05, 3.63) is 66.9 Å². The topological polar surface area (TPSA) is 74.7 Å². The number of rotatable bonds is 7. The molecule has 0 aliphatic carbocycles. The second-order valence-corrected chi connectivity index (χ2v) is 8.87. The molecular formula is C27H33N7. The van der Waals surface area contributed by atoms with Crippen LogP contribution in [0, 0.1) is 0 Å². The first-order chi connectivity index (χ1) is 16.6. The van der Waals surface area contributed by atoms with E-state index >= 15 is 0 Å². The Morgan fingerprint density at radius 3 is 2.47 bits per heavy atom. The molecule has 1 fully saturated rings. The Hall–Kier alpha value is -3.58. The average Bonchev–Trinajstić information content (AvgIpc) is 3.29. The molecular weight excluding hydrogens is 422 g/mol. The highest BCUT2D eigenvalue weighted by atomic mass is 15.3. The molecule has 0 radical (unpaired) electrons. The van der Waals surface area contributed by atoms with Crippen molar-refractivity contribution in [3.8, 4) is 11.3 Å². The summed E-state index contributed by atoms with van der Waals surface area (Å²) in [5.74, 6) is 0.557. The number of nitrogen functional groups attached to an aromatic ring is 1. The SMILES string of the molecule is CCN(CC)C1CCN(c2ccc(Nc3ncc4ccc(-c5cccc(N)c5)n4n3)cc2)CC1. The first kappa shape index (κ1) is 22.2. The summed E-state index contributed by atoms with van der Waals surface area (Å²) in [4.78, 5) is 9.57. The van der Waals surface area contributed by atoms with Crippen LogP contribution < -0.4 is 16.0 Å². The van der Waals surface area contributed by atoms with Crippen LogP contribution in [-0.2, 0) is 0 Å². The lowest BCUT2D eigenvalue weighted by Crippen LogP contribution is -2.44. The van der Waals surface area contributed by atoms with E-state index in [1.54, 1.807) is 0 Å². The van der Waals surface area contributed by atoms with E-state index in [2.05, 4.69) is 58.2 Å². The van der Waals surface area contributed by atoms with Crippen molar-refractivity contribution in [2.45, 2.75) is 32.7 Å². The largest absolute Gasteiger partial charge is 0.399 e. The molecule has 1 aliphatic rings. The van der Waals surface area contributed by atoms with Gasteiger partial charge in [-0.1, -0.05) is 26.0 Å². The van der Waals surface area contributed by atoms with Crippen molar-refractivity contribution in [3.63, 3.8) is 0 Å². The molecule has 3 heterocycles. The fourth-order valence-electron chi connectivity index (χ4n) is 4.99. The number of fused-ring (bicyclic) bond motifs is 1. The number of nitrogens with zero attached hydrogens (tertiary/aromatic N) is 5. The van der Waals surface area contributed by atoms with Crippen molar-refractivity contribution < 1.29 is 0 Å². The van der Waals surface area contributed by atoms with Gasteiger partial charge in [-0.15, -0.1) is 5.10 Å². The Balaban J connectivity index is 1.28. The number of benzene rings is 2. The molecule has 176 valence electrons. The predicted octanol–water partition coefficient (Wildman–Crippen LogP) is 5.03. The molecule has 3 N–H and O–H groups in total. The summed E-state index contributed by atoms with van der Waals surface area (Å²) in [6.07, 6.45) is 4.28. The summed E-state index contributed by atoms with van der Waals surface area (Å²) >= 11 is 0. The summed E-state index contributed by atoms with van der Waals surface area (Å²) in [5.41, 5.74) is 11.9. The number of nitrogens with one attached hydrogen (secondary N) is 1. The van der Waals surface area contributed by atoms with E-state index in [0.717, 1.165) is 54.3 Å². The monoisotopic (exact) mass is 455 g/mol. The van der Waals surface area contributed by atoms with Crippen molar-refractivity contribution >= 4 is 28.5 Å². The second-order valence-electron chi connectivity index (χ2n) is 8.87. The fraction of sp³-hybridized carbons (Fsp3) is 0.333. The van der Waals surface area contributed by atoms with Crippen LogP contribution in [0.3, 0.4) is 0 Å². The third-order valence-electron chi connectivity index (χ3n) is 6.86. The Kier molecular flexibility index (Phi) is 6.36. The highest BCUT2D eigenvalue weighted by Crippen LogP contribution is 2.26. The second kappa shape index (κ2) is 9.73. The molecule has 1 saturated heterocycles. The van der Waals surface area contributed by atoms with Gasteiger partial charge in [0.1, 0.15) is 0 Å². The van der Waals surface area contributed by atoms with Gasteiger partial charge in [0.15, 0.2) is 0 Å². The van der Waals surface area contributed by atoms with Gasteiger partial charge in [-0.25, -0.2) is 9.50 Å². The van der Waals surface area contributed by atoms with Crippen LogP contribution in [0.1, 0.15) is 26.7 Å². The minimum atomic E-state index is 0.557. The molecule has 0 spiro atoms. The van der Waals surface area contributed by atoms with Gasteiger partial charge < -0.3 is 20.9 Å². The van der Waals surface area contributed by atoms with Crippen LogP contribution in [-0.4, -0.2) is 51.7 Å². The molecule has 7 heteroatoms. The van der Waals surface area contributed by atoms with Crippen molar-refractivity contribution in [2.24, 2.45) is 0 Å². The first-order valence-electron chi connectivity index (χ1n) is 12.2. The van der Waals surface area contributed by atoms with Crippen LogP contribution in [0.15, 0.2) is 66.9 Å². The third-order valence-corrected chi connectivity index (χ3v) is 6.86. The number of hydrogen-bond donors (Lipinski definition) is 2. The molecule has 5 rings (SSSR count). The molecule has 0 saturated carbocycles. The standard InChI is InChI=1S/C27H33N7/c1-3-32(4-2)24-14-16-33(17-15-24)23-10-8-22(9-11-23)30-27-29-19-25-12-13-26(34(25)31-27)20-6-5-7-21(28)18-20/h5-13,18-19,24H,3-4,14-17,28H2,1-2H3,(H,30,31). The zero-order valence-electron chi connectivity index (χ0n) is 20.0. The summed E-state index contributed by atoms with van der Waals surface area (Å²) < 4.78 is 1.90. The Morgan fingerprint density at radius 2 is 1.76 bits per heavy atom. The lowest BCUT2D eigenvalue weighted by atomic mass is 10.0. The van der Waals surface area contributed by atoms with E-state index in [0.29, 0.717) is 12.0 Å². The van der Waals surface area contributed by atoms with Crippen LogP contribution in [0.25, 0.3) is 16.8 Å². The average molecular weight is 456 g/mol. The summed E-state index contributed by atoms with van der Waals surface area (Å²) in [6, 6.07) is 21.2. The molecule has 1 aliphatic heterocycles. The summed E-state index contributed by atoms with van der Waals surface area (Å²) in [6.45, 7) is 9.01. The molecule has 0 atom stereocenters. The van der Waals surface area contributed by atoms with Gasteiger partial charge in [-0.2, -0.15) is 0 Å². The Labute approximate surface area is 201 Å². The van der Waals surface area contributed by atoms with Gasteiger partial charge in [-0.05, 0) is 74.5 Å². The Morgan fingerprint density at radius 1 is 1.00 bits per heavy atom. The molecule has 0 amide bonds. The van der Waals surface area contributed by atoms with Crippen LogP contribution in [0.5, 0.6) is 0 Å². The zero-order valence-corrected chi connectivity index (χ0v) is 20.0. The number of hydrogen-bond acceptors (Lipinski definition) is 6. The maximum absolute atomic E-state index is 5.98. The lowest BCUT2D eigenvalue weighted by molar-refractivity contribution is 0.186. The van der Waals surface area contributed by atoms with Gasteiger partial charge >= 0.3 is 0 Å². The van der Waals surface area contributed by atoms with Crippen molar-refractivity contribution in [1.29, 1.82) is 0 Å². The molecule has 2 aromatic carbocycles. The highest BCUT2D eigenvalue weighted by molar-refractivity contribution is 5.69. The van der Waals surface area contributed by atoms with Gasteiger partial charge in [-0.3, -0.25) is 0 Å². The number of anilines is 4. The highest BCUT2D eigenvalue weighted by Gasteiger charge is 2.23. The number of piperidine rings is 1. The van der Waals surface area contributed by atoms with Crippen LogP contribution in [0.2, 0.25) is 0 Å². The molecule has 7 nitrogen and oxygen atoms in total. The van der Waals surface area contributed by atoms with E-state index in [9.17, 15) is 0 Å². The van der Waals surface area contributed by atoms with Gasteiger partial charge in [0.2, 0.25) is 5.95 Å². The minimum absolute atomic E-state index is 0.557. The predicted molar refractivity (Wildman–Crippen MR) is 141 cm³/mol. The lowest BCUT2D eigenvalue weighted by Gasteiger charge is -2.38. The van der Waals surface area contributed by atoms with E-state index in [-0.39, 0.29) is 0 Å². The molecule has 0 bridgehead atoms. The first-order valence-corrected chi connectivity index (χ1v) is 12.2. The maximum Gasteiger partial charge on any atom is 0.245 e. The quantitative estimate of drug-likeness (QED) is 0.381. The zero-order chi connectivity index (χ0) is 23.5. The molecule has 0 unspecified atom stereocenters. The summed E-state index contributed by atoms with van der Waals surface area (Å²) in [5, 5.41) is 8.08. The fourth-order valence-corrected chi connectivity index (χ4v) is 4.99. The van der Waals surface area contributed by atoms with Crippen molar-refractivity contribution in [1.82, 2.24) is 19.5 Å². The number of nitrogens with two attached hydrogens (primary N) is 1. The smallest absolute Gasteiger partial charge is 0.245 e. The third kappa shape index (κ3) is 4.56. The minimum Gasteiger partial charge on any atom is -0.399 e. The van der Waals surface area contributed by atoms with Gasteiger partial charge in [0, 0.05) is 41.8 Å². The van der Waals surface area contributed by atoms with Gasteiger partial charge in [0.05, 0.1) is 17.4 Å². The van der Waals surface area contributed by atoms with Crippen LogP contribution in [0.4, 0.5) is 23.0 Å². The normalized spacial score (nSPS) is 14.7. The summed E-state index contributed by atoms with van der Waals surface area (Å²) in [7, 11) is 0. The molecule has 4 aromatic rings. The van der Waals surface area contributed by atoms with E-state index in [1.165, 1.54) is 18.5 Å². The van der Waals surface area contributed by atoms with Crippen LogP contribution >= 0.6 is 0 Å². The Bertz CT molecular complexity index is 1240. The maximum atomic E-state index is 5.98. The van der Waals surface area contributed by atoms with E-state index in [1.807, 2.05) is 47.1 Å². The van der Waals surface area contributed by atoms with E-state index in [4.69, 9.17) is 10.8 Å². The number of aromatic nitrogens is 3. The van der Waals surface area contributed by atoms with E-state index < -0.39 is 0 Å². The molecule has 34 heavy (non-hydrogen) atoms.